The Balaban J connectivity index is 3.14. The Kier molecular flexibility index (Phi) is 3.88. The largest absolute Gasteiger partial charge is 0.479 e. The topological polar surface area (TPSA) is 57.5 Å². The average Bonchev–Trinajstić information content (AvgIpc) is 2.15. The van der Waals surface area contributed by atoms with Crippen molar-refractivity contribution in [3.8, 4) is 0 Å². The van der Waals surface area contributed by atoms with E-state index in [2.05, 4.69) is 15.9 Å². The van der Waals surface area contributed by atoms with E-state index in [1.807, 2.05) is 19.9 Å². The van der Waals surface area contributed by atoms with Crippen LogP contribution in [0.4, 0.5) is 0 Å². The second-order valence-electron chi connectivity index (χ2n) is 3.71. The van der Waals surface area contributed by atoms with Crippen molar-refractivity contribution in [2.24, 2.45) is 0 Å². The summed E-state index contributed by atoms with van der Waals surface area (Å²) in [7, 11) is 0. The average molecular weight is 273 g/mol. The molecule has 0 fully saturated rings. The third-order valence-corrected chi connectivity index (χ3v) is 2.62. The van der Waals surface area contributed by atoms with E-state index in [0.717, 1.165) is 10.0 Å². The molecule has 82 valence electrons. The van der Waals surface area contributed by atoms with Gasteiger partial charge in [-0.05, 0) is 29.2 Å². The Morgan fingerprint density at radius 3 is 2.27 bits per heavy atom. The Morgan fingerprint density at radius 2 is 1.80 bits per heavy atom. The summed E-state index contributed by atoms with van der Waals surface area (Å²) in [5, 5.41) is 18.1. The highest BCUT2D eigenvalue weighted by Gasteiger charge is 2.17. The van der Waals surface area contributed by atoms with Crippen LogP contribution in [0, 0.1) is 0 Å². The summed E-state index contributed by atoms with van der Waals surface area (Å²) >= 11 is 3.29. The Labute approximate surface area is 96.9 Å². The number of benzene rings is 1. The predicted molar refractivity (Wildman–Crippen MR) is 60.8 cm³/mol. The van der Waals surface area contributed by atoms with Crippen molar-refractivity contribution >= 4 is 21.9 Å². The number of carboxylic acid groups (broad SMARTS) is 1. The van der Waals surface area contributed by atoms with Crippen LogP contribution in [0.25, 0.3) is 0 Å². The molecule has 1 rings (SSSR count). The maximum absolute atomic E-state index is 10.6. The Morgan fingerprint density at radius 1 is 1.27 bits per heavy atom. The number of aliphatic hydroxyl groups excluding tert-OH is 1. The van der Waals surface area contributed by atoms with Gasteiger partial charge in [-0.25, -0.2) is 4.79 Å². The molecule has 0 aliphatic carbocycles. The van der Waals surface area contributed by atoms with Crippen LogP contribution in [0.2, 0.25) is 0 Å². The van der Waals surface area contributed by atoms with E-state index in [0.29, 0.717) is 11.5 Å². The predicted octanol–water partition coefficient (Wildman–Crippen LogP) is 2.69. The lowest BCUT2D eigenvalue weighted by atomic mass is 9.99. The summed E-state index contributed by atoms with van der Waals surface area (Å²) in [5.41, 5.74) is 1.40. The zero-order valence-corrected chi connectivity index (χ0v) is 10.2. The molecule has 3 nitrogen and oxygen atoms in total. The number of rotatable bonds is 3. The molecule has 0 aliphatic heterocycles. The van der Waals surface area contributed by atoms with Crippen molar-refractivity contribution in [2.75, 3.05) is 0 Å². The number of carbonyl (C=O) groups is 1. The number of hydrogen-bond acceptors (Lipinski definition) is 2. The van der Waals surface area contributed by atoms with Gasteiger partial charge in [0.2, 0.25) is 0 Å². The van der Waals surface area contributed by atoms with E-state index < -0.39 is 12.1 Å². The quantitative estimate of drug-likeness (QED) is 0.890. The van der Waals surface area contributed by atoms with Crippen molar-refractivity contribution in [3.05, 3.63) is 33.8 Å². The van der Waals surface area contributed by atoms with Crippen molar-refractivity contribution in [1.82, 2.24) is 0 Å². The summed E-state index contributed by atoms with van der Waals surface area (Å²) in [6.45, 7) is 4.03. The molecule has 0 saturated heterocycles. The Hall–Kier alpha value is -0.870. The van der Waals surface area contributed by atoms with Gasteiger partial charge in [0.25, 0.3) is 0 Å². The highest BCUT2D eigenvalue weighted by molar-refractivity contribution is 9.10. The maximum Gasteiger partial charge on any atom is 0.337 e. The minimum absolute atomic E-state index is 0.294. The van der Waals surface area contributed by atoms with Gasteiger partial charge in [0.15, 0.2) is 6.10 Å². The fourth-order valence-corrected chi connectivity index (χ4v) is 1.80. The number of halogens is 1. The molecular weight excluding hydrogens is 260 g/mol. The summed E-state index contributed by atoms with van der Waals surface area (Å²) < 4.78 is 0.781. The molecule has 0 aliphatic rings. The van der Waals surface area contributed by atoms with Crippen LogP contribution in [0.1, 0.15) is 37.0 Å². The van der Waals surface area contributed by atoms with E-state index >= 15 is 0 Å². The van der Waals surface area contributed by atoms with Gasteiger partial charge < -0.3 is 10.2 Å². The number of carboxylic acids is 1. The van der Waals surface area contributed by atoms with Gasteiger partial charge >= 0.3 is 5.97 Å². The highest BCUT2D eigenvalue weighted by Crippen LogP contribution is 2.25. The lowest BCUT2D eigenvalue weighted by Crippen LogP contribution is -2.10. The molecule has 0 bridgehead atoms. The third-order valence-electron chi connectivity index (χ3n) is 2.16. The van der Waals surface area contributed by atoms with Crippen LogP contribution in [0.3, 0.4) is 0 Å². The van der Waals surface area contributed by atoms with Crippen LogP contribution in [-0.2, 0) is 4.79 Å². The molecule has 1 aromatic carbocycles. The monoisotopic (exact) mass is 272 g/mol. The molecule has 0 heterocycles. The number of aliphatic hydroxyl groups is 1. The van der Waals surface area contributed by atoms with Crippen LogP contribution in [0.15, 0.2) is 22.7 Å². The van der Waals surface area contributed by atoms with E-state index in [1.165, 1.54) is 0 Å². The minimum Gasteiger partial charge on any atom is -0.479 e. The van der Waals surface area contributed by atoms with Crippen LogP contribution >= 0.6 is 15.9 Å². The maximum atomic E-state index is 10.6. The summed E-state index contributed by atoms with van der Waals surface area (Å²) in [6, 6.07) is 5.25. The fourth-order valence-electron chi connectivity index (χ4n) is 1.27. The summed E-state index contributed by atoms with van der Waals surface area (Å²) in [4.78, 5) is 10.6. The SMILES string of the molecule is CC(C)c1cc(Br)cc(C(O)C(=O)O)c1. The van der Waals surface area contributed by atoms with Crippen molar-refractivity contribution in [2.45, 2.75) is 25.9 Å². The van der Waals surface area contributed by atoms with Gasteiger partial charge in [0.1, 0.15) is 0 Å². The molecule has 0 amide bonds. The van der Waals surface area contributed by atoms with Crippen molar-refractivity contribution in [1.29, 1.82) is 0 Å². The smallest absolute Gasteiger partial charge is 0.337 e. The third kappa shape index (κ3) is 3.04. The van der Waals surface area contributed by atoms with Crippen LogP contribution in [-0.4, -0.2) is 16.2 Å². The first-order valence-corrected chi connectivity index (χ1v) is 5.42. The summed E-state index contributed by atoms with van der Waals surface area (Å²) in [6.07, 6.45) is -1.46. The zero-order valence-electron chi connectivity index (χ0n) is 8.57. The minimum atomic E-state index is -1.46. The van der Waals surface area contributed by atoms with Crippen molar-refractivity contribution < 1.29 is 15.0 Å². The molecule has 0 radical (unpaired) electrons. The molecule has 4 heteroatoms. The highest BCUT2D eigenvalue weighted by atomic mass is 79.9. The van der Waals surface area contributed by atoms with Gasteiger partial charge in [-0.3, -0.25) is 0 Å². The molecule has 15 heavy (non-hydrogen) atoms. The van der Waals surface area contributed by atoms with E-state index in [1.54, 1.807) is 12.1 Å². The van der Waals surface area contributed by atoms with Gasteiger partial charge in [-0.15, -0.1) is 0 Å². The normalized spacial score (nSPS) is 12.9. The molecule has 1 unspecified atom stereocenters. The van der Waals surface area contributed by atoms with Crippen LogP contribution in [0.5, 0.6) is 0 Å². The second-order valence-corrected chi connectivity index (χ2v) is 4.63. The van der Waals surface area contributed by atoms with Crippen molar-refractivity contribution in [3.63, 3.8) is 0 Å². The van der Waals surface area contributed by atoms with Gasteiger partial charge in [0.05, 0.1) is 0 Å². The number of aliphatic carboxylic acids is 1. The second kappa shape index (κ2) is 4.77. The van der Waals surface area contributed by atoms with E-state index in [-0.39, 0.29) is 0 Å². The van der Waals surface area contributed by atoms with E-state index in [4.69, 9.17) is 5.11 Å². The first-order valence-electron chi connectivity index (χ1n) is 4.63. The number of hydrogen-bond donors (Lipinski definition) is 2. The first-order chi connectivity index (χ1) is 6.91. The van der Waals surface area contributed by atoms with Crippen LogP contribution < -0.4 is 0 Å². The summed E-state index contributed by atoms with van der Waals surface area (Å²) in [5.74, 6) is -0.940. The van der Waals surface area contributed by atoms with Gasteiger partial charge in [-0.1, -0.05) is 35.8 Å². The molecule has 1 atom stereocenters. The van der Waals surface area contributed by atoms with Gasteiger partial charge in [-0.2, -0.15) is 0 Å². The standard InChI is InChI=1S/C11H13BrO3/c1-6(2)7-3-8(5-9(12)4-7)10(13)11(14)15/h3-6,10,13H,1-2H3,(H,14,15). The molecule has 0 aromatic heterocycles. The zero-order chi connectivity index (χ0) is 11.6. The lowest BCUT2D eigenvalue weighted by Gasteiger charge is -2.11. The first kappa shape index (κ1) is 12.2. The Bertz CT molecular complexity index is 374. The molecule has 0 spiro atoms. The molecule has 2 N–H and O–H groups in total. The molecule has 1 aromatic rings. The molecule has 0 saturated carbocycles. The lowest BCUT2D eigenvalue weighted by molar-refractivity contribution is -0.146. The molecular formula is C11H13BrO3. The van der Waals surface area contributed by atoms with E-state index in [9.17, 15) is 9.90 Å². The fraction of sp³-hybridized carbons (Fsp3) is 0.364. The van der Waals surface area contributed by atoms with Gasteiger partial charge in [0, 0.05) is 4.47 Å².